The number of hydrogen-bond donors (Lipinski definition) is 2. The summed E-state index contributed by atoms with van der Waals surface area (Å²) in [5.74, 6) is -4.45. The molecule has 7 nitrogen and oxygen atoms in total. The third kappa shape index (κ3) is 7.15. The van der Waals surface area contributed by atoms with Crippen molar-refractivity contribution in [3.05, 3.63) is 53.1 Å². The van der Waals surface area contributed by atoms with Crippen LogP contribution in [0.25, 0.3) is 0 Å². The first-order valence-corrected chi connectivity index (χ1v) is 14.2. The number of nitrogens with one attached hydrogen (secondary N) is 1. The highest BCUT2D eigenvalue weighted by molar-refractivity contribution is 8.32. The predicted molar refractivity (Wildman–Crippen MR) is 132 cm³/mol. The average Bonchev–Trinajstić information content (AvgIpc) is 2.78. The Morgan fingerprint density at radius 1 is 1.08 bits per heavy atom. The van der Waals surface area contributed by atoms with Gasteiger partial charge in [-0.05, 0) is 60.6 Å². The van der Waals surface area contributed by atoms with E-state index in [9.17, 15) is 36.3 Å². The molecular weight excluding hydrogens is 535 g/mol. The molecule has 0 aliphatic carbocycles. The Balaban J connectivity index is 1.95. The zero-order valence-corrected chi connectivity index (χ0v) is 21.6. The van der Waals surface area contributed by atoms with Crippen LogP contribution in [0.15, 0.2) is 35.2 Å². The number of anilines is 1. The van der Waals surface area contributed by atoms with E-state index in [1.807, 2.05) is 0 Å². The van der Waals surface area contributed by atoms with Gasteiger partial charge in [0, 0.05) is 18.7 Å². The van der Waals surface area contributed by atoms with Crippen molar-refractivity contribution in [2.24, 2.45) is 0 Å². The number of carboxylic acid groups (broad SMARTS) is 1. The highest BCUT2D eigenvalue weighted by Gasteiger charge is 2.37. The van der Waals surface area contributed by atoms with E-state index < -0.39 is 71.1 Å². The summed E-state index contributed by atoms with van der Waals surface area (Å²) in [6.07, 6.45) is -0.147. The molecular formula is C25H27F5N2O5S. The van der Waals surface area contributed by atoms with Crippen molar-refractivity contribution in [3.63, 3.8) is 0 Å². The smallest absolute Gasteiger partial charge is 0.422 e. The normalized spacial score (nSPS) is 16.0. The molecule has 1 heterocycles. The molecule has 13 heteroatoms. The molecule has 0 saturated heterocycles. The number of rotatable bonds is 8. The van der Waals surface area contributed by atoms with Crippen LogP contribution in [-0.4, -0.2) is 65.9 Å². The van der Waals surface area contributed by atoms with Gasteiger partial charge in [0.15, 0.2) is 6.61 Å². The SMILES string of the molecule is CS(C)(C)c1c(F)cc(NC(=O)[C@H]2c3ccc(OCC(F)(F)F)cc3CCN2C(=O)CCC(=O)O)cc1F. The van der Waals surface area contributed by atoms with E-state index in [1.165, 1.54) is 18.2 Å². The molecule has 0 aromatic heterocycles. The fourth-order valence-corrected chi connectivity index (χ4v) is 5.48. The summed E-state index contributed by atoms with van der Waals surface area (Å²) in [6.45, 7) is -1.56. The number of carbonyl (C=O) groups is 3. The van der Waals surface area contributed by atoms with Gasteiger partial charge >= 0.3 is 12.1 Å². The fourth-order valence-electron chi connectivity index (χ4n) is 4.19. The summed E-state index contributed by atoms with van der Waals surface area (Å²) in [7, 11) is -1.77. The Morgan fingerprint density at radius 2 is 1.71 bits per heavy atom. The monoisotopic (exact) mass is 562 g/mol. The summed E-state index contributed by atoms with van der Waals surface area (Å²) in [6, 6.07) is 4.52. The molecule has 2 aromatic rings. The highest BCUT2D eigenvalue weighted by Crippen LogP contribution is 2.48. The largest absolute Gasteiger partial charge is 0.484 e. The molecule has 0 bridgehead atoms. The number of ether oxygens (including phenoxy) is 1. The number of carbonyl (C=O) groups excluding carboxylic acids is 2. The summed E-state index contributed by atoms with van der Waals surface area (Å²) < 4.78 is 71.9. The van der Waals surface area contributed by atoms with E-state index >= 15 is 0 Å². The molecule has 3 rings (SSSR count). The minimum Gasteiger partial charge on any atom is -0.484 e. The second kappa shape index (κ2) is 11.2. The second-order valence-corrected chi connectivity index (χ2v) is 13.6. The number of alkyl halides is 3. The van der Waals surface area contributed by atoms with E-state index in [-0.39, 0.29) is 34.9 Å². The molecule has 1 aliphatic rings. The van der Waals surface area contributed by atoms with Gasteiger partial charge in [0.05, 0.1) is 11.3 Å². The quantitative estimate of drug-likeness (QED) is 0.447. The van der Waals surface area contributed by atoms with Gasteiger partial charge in [0.2, 0.25) is 5.91 Å². The van der Waals surface area contributed by atoms with Crippen LogP contribution in [-0.2, 0) is 20.8 Å². The van der Waals surface area contributed by atoms with E-state index in [0.29, 0.717) is 5.56 Å². The van der Waals surface area contributed by atoms with Crippen molar-refractivity contribution in [1.82, 2.24) is 4.90 Å². The van der Waals surface area contributed by atoms with Gasteiger partial charge in [-0.15, -0.1) is 0 Å². The van der Waals surface area contributed by atoms with E-state index in [2.05, 4.69) is 5.32 Å². The number of carboxylic acids is 1. The standard InChI is InChI=1S/C25H27F5N2O5S/c1-38(2,3)23-18(26)11-15(12-19(23)27)31-24(36)22-17-5-4-16(37-13-25(28,29)30)10-14(17)8-9-32(22)20(33)6-7-21(34)35/h4-5,10-12,22H,6-9,13H2,1-3H3,(H,31,36)(H,34,35)/t22-/m1/s1. The van der Waals surface area contributed by atoms with Crippen molar-refractivity contribution in [1.29, 1.82) is 0 Å². The van der Waals surface area contributed by atoms with Crippen LogP contribution in [0, 0.1) is 11.6 Å². The topological polar surface area (TPSA) is 95.9 Å². The molecule has 0 unspecified atom stereocenters. The molecule has 0 saturated carbocycles. The molecule has 2 amide bonds. The molecule has 38 heavy (non-hydrogen) atoms. The van der Waals surface area contributed by atoms with Crippen molar-refractivity contribution in [3.8, 4) is 5.75 Å². The lowest BCUT2D eigenvalue weighted by atomic mass is 9.91. The van der Waals surface area contributed by atoms with E-state index in [0.717, 1.165) is 17.0 Å². The Kier molecular flexibility index (Phi) is 8.59. The summed E-state index contributed by atoms with van der Waals surface area (Å²) in [5, 5.41) is 11.4. The maximum Gasteiger partial charge on any atom is 0.422 e. The Bertz CT molecular complexity index is 1220. The van der Waals surface area contributed by atoms with Crippen LogP contribution in [0.5, 0.6) is 5.75 Å². The van der Waals surface area contributed by atoms with Crippen LogP contribution in [0.3, 0.4) is 0 Å². The molecule has 1 aliphatic heterocycles. The first-order chi connectivity index (χ1) is 17.6. The van der Waals surface area contributed by atoms with Crippen molar-refractivity contribution in [2.45, 2.75) is 36.4 Å². The van der Waals surface area contributed by atoms with E-state index in [1.54, 1.807) is 18.8 Å². The zero-order valence-electron chi connectivity index (χ0n) is 20.8. The predicted octanol–water partition coefficient (Wildman–Crippen LogP) is 4.89. The molecule has 1 atom stereocenters. The lowest BCUT2D eigenvalue weighted by molar-refractivity contribution is -0.153. The first-order valence-electron chi connectivity index (χ1n) is 11.4. The van der Waals surface area contributed by atoms with E-state index in [4.69, 9.17) is 9.84 Å². The number of hydrogen-bond acceptors (Lipinski definition) is 4. The van der Waals surface area contributed by atoms with Crippen molar-refractivity contribution >= 4 is 33.5 Å². The lowest BCUT2D eigenvalue weighted by Crippen LogP contribution is -2.45. The van der Waals surface area contributed by atoms with Gasteiger partial charge in [0.25, 0.3) is 5.91 Å². The van der Waals surface area contributed by atoms with Crippen molar-refractivity contribution in [2.75, 3.05) is 37.2 Å². The number of halogens is 5. The Morgan fingerprint density at radius 3 is 2.26 bits per heavy atom. The number of fused-ring (bicyclic) bond motifs is 1. The molecule has 0 spiro atoms. The minimum absolute atomic E-state index is 0.0404. The third-order valence-electron chi connectivity index (χ3n) is 5.74. The van der Waals surface area contributed by atoms with Gasteiger partial charge < -0.3 is 20.1 Å². The van der Waals surface area contributed by atoms with Crippen LogP contribution >= 0.6 is 10.0 Å². The molecule has 0 fully saturated rings. The average molecular weight is 563 g/mol. The number of benzene rings is 2. The molecule has 0 radical (unpaired) electrons. The van der Waals surface area contributed by atoms with Gasteiger partial charge in [-0.1, -0.05) is 6.07 Å². The molecule has 2 aromatic carbocycles. The van der Waals surface area contributed by atoms with Crippen LogP contribution in [0.2, 0.25) is 0 Å². The van der Waals surface area contributed by atoms with Crippen LogP contribution < -0.4 is 10.1 Å². The highest BCUT2D eigenvalue weighted by atomic mass is 32.3. The Labute approximate surface area is 217 Å². The zero-order chi connectivity index (χ0) is 28.4. The van der Waals surface area contributed by atoms with Crippen LogP contribution in [0.4, 0.5) is 27.6 Å². The summed E-state index contributed by atoms with van der Waals surface area (Å²) in [5.41, 5.74) is 0.525. The maximum absolute atomic E-state index is 14.7. The lowest BCUT2D eigenvalue weighted by Gasteiger charge is -2.36. The number of nitrogens with zero attached hydrogens (tertiary/aromatic N) is 1. The van der Waals surface area contributed by atoms with Gasteiger partial charge in [-0.25, -0.2) is 18.8 Å². The van der Waals surface area contributed by atoms with Gasteiger partial charge in [-0.3, -0.25) is 14.4 Å². The summed E-state index contributed by atoms with van der Waals surface area (Å²) in [4.78, 5) is 38.2. The van der Waals surface area contributed by atoms with Crippen LogP contribution in [0.1, 0.15) is 30.0 Å². The molecule has 208 valence electrons. The third-order valence-corrected chi connectivity index (χ3v) is 7.36. The fraction of sp³-hybridized carbons (Fsp3) is 0.400. The number of amides is 2. The molecule has 2 N–H and O–H groups in total. The first kappa shape index (κ1) is 29.2. The van der Waals surface area contributed by atoms with Gasteiger partial charge in [-0.2, -0.15) is 13.2 Å². The number of aliphatic carboxylic acids is 1. The van der Waals surface area contributed by atoms with Gasteiger partial charge in [0.1, 0.15) is 23.4 Å². The maximum atomic E-state index is 14.7. The van der Waals surface area contributed by atoms with Crippen molar-refractivity contribution < 1.29 is 46.2 Å². The summed E-state index contributed by atoms with van der Waals surface area (Å²) >= 11 is 0. The Hall–Kier alpha value is -3.35. The minimum atomic E-state index is -4.56. The second-order valence-electron chi connectivity index (χ2n) is 9.49.